The van der Waals surface area contributed by atoms with Crippen LogP contribution in [0.1, 0.15) is 26.3 Å². The van der Waals surface area contributed by atoms with Crippen molar-refractivity contribution in [3.05, 3.63) is 29.8 Å². The normalized spacial score (nSPS) is 11.0. The summed E-state index contributed by atoms with van der Waals surface area (Å²) < 4.78 is 0. The molecule has 0 bridgehead atoms. The number of aryl methyl sites for hydroxylation is 1. The molecule has 2 N–H and O–H groups in total. The monoisotopic (exact) mass is 235 g/mol. The van der Waals surface area contributed by atoms with E-state index in [-0.39, 0.29) is 0 Å². The summed E-state index contributed by atoms with van der Waals surface area (Å²) in [7, 11) is 0. The Labute approximate surface area is 101 Å². The van der Waals surface area contributed by atoms with E-state index in [1.165, 1.54) is 19.4 Å². The number of carboxylic acids is 1. The van der Waals surface area contributed by atoms with Crippen LogP contribution >= 0.6 is 0 Å². The zero-order valence-corrected chi connectivity index (χ0v) is 10.3. The number of carbonyl (C=O) groups is 2. The molecule has 4 nitrogen and oxygen atoms in total. The topological polar surface area (TPSA) is 66.4 Å². The molecule has 0 aliphatic rings. The van der Waals surface area contributed by atoms with Gasteiger partial charge in [-0.25, -0.2) is 0 Å². The third-order valence-electron chi connectivity index (χ3n) is 2.72. The molecule has 0 radical (unpaired) electrons. The van der Waals surface area contributed by atoms with Crippen LogP contribution in [-0.2, 0) is 16.0 Å². The Bertz CT molecular complexity index is 421. The van der Waals surface area contributed by atoms with Crippen LogP contribution in [0, 0.1) is 5.41 Å². The van der Waals surface area contributed by atoms with Crippen molar-refractivity contribution in [1.82, 2.24) is 0 Å². The van der Waals surface area contributed by atoms with Gasteiger partial charge in [0.2, 0.25) is 5.91 Å². The van der Waals surface area contributed by atoms with Crippen molar-refractivity contribution in [2.45, 2.75) is 27.2 Å². The average molecular weight is 235 g/mol. The number of aliphatic carboxylic acids is 1. The Hall–Kier alpha value is -1.84. The molecular formula is C13H17NO3. The van der Waals surface area contributed by atoms with Gasteiger partial charge < -0.3 is 10.4 Å². The van der Waals surface area contributed by atoms with E-state index < -0.39 is 17.3 Å². The molecule has 0 saturated carbocycles. The van der Waals surface area contributed by atoms with Gasteiger partial charge in [-0.15, -0.1) is 0 Å². The van der Waals surface area contributed by atoms with Crippen LogP contribution in [0.25, 0.3) is 0 Å². The fourth-order valence-corrected chi connectivity index (χ4v) is 1.21. The fraction of sp³-hybridized carbons (Fsp3) is 0.385. The van der Waals surface area contributed by atoms with E-state index >= 15 is 0 Å². The Balaban J connectivity index is 2.77. The first-order valence-electron chi connectivity index (χ1n) is 5.51. The highest BCUT2D eigenvalue weighted by Gasteiger charge is 2.35. The number of nitrogens with one attached hydrogen (secondary N) is 1. The zero-order chi connectivity index (χ0) is 13.1. The lowest BCUT2D eigenvalue weighted by Crippen LogP contribution is -2.37. The van der Waals surface area contributed by atoms with Gasteiger partial charge in [0.05, 0.1) is 0 Å². The van der Waals surface area contributed by atoms with Crippen molar-refractivity contribution < 1.29 is 14.7 Å². The van der Waals surface area contributed by atoms with Crippen LogP contribution in [0.4, 0.5) is 5.69 Å². The lowest BCUT2D eigenvalue weighted by atomic mass is 9.92. The van der Waals surface area contributed by atoms with Gasteiger partial charge in [-0.2, -0.15) is 0 Å². The number of carbonyl (C=O) groups excluding carboxylic acids is 1. The smallest absolute Gasteiger partial charge is 0.318 e. The maximum atomic E-state index is 11.7. The number of hydrogen-bond donors (Lipinski definition) is 2. The molecule has 0 unspecified atom stereocenters. The van der Waals surface area contributed by atoms with Crippen molar-refractivity contribution in [3.8, 4) is 0 Å². The molecule has 0 aliphatic carbocycles. The number of carboxylic acid groups (broad SMARTS) is 1. The van der Waals surface area contributed by atoms with Crippen LogP contribution in [-0.4, -0.2) is 17.0 Å². The molecule has 1 aromatic rings. The van der Waals surface area contributed by atoms with E-state index in [1.54, 1.807) is 12.1 Å². The fourth-order valence-electron chi connectivity index (χ4n) is 1.21. The summed E-state index contributed by atoms with van der Waals surface area (Å²) in [4.78, 5) is 22.6. The highest BCUT2D eigenvalue weighted by molar-refractivity contribution is 6.07. The van der Waals surface area contributed by atoms with Crippen molar-refractivity contribution in [1.29, 1.82) is 0 Å². The first-order chi connectivity index (χ1) is 7.87. The quantitative estimate of drug-likeness (QED) is 0.787. The van der Waals surface area contributed by atoms with Crippen LogP contribution in [0.2, 0.25) is 0 Å². The molecule has 1 rings (SSSR count). The average Bonchev–Trinajstić information content (AvgIpc) is 2.29. The molecule has 0 spiro atoms. The van der Waals surface area contributed by atoms with Crippen molar-refractivity contribution in [2.24, 2.45) is 5.41 Å². The Morgan fingerprint density at radius 2 is 1.76 bits per heavy atom. The first kappa shape index (κ1) is 13.2. The van der Waals surface area contributed by atoms with Crippen molar-refractivity contribution >= 4 is 17.6 Å². The molecule has 17 heavy (non-hydrogen) atoms. The van der Waals surface area contributed by atoms with Crippen LogP contribution in [0.3, 0.4) is 0 Å². The predicted octanol–water partition coefficient (Wildman–Crippen LogP) is 2.30. The Morgan fingerprint density at radius 3 is 2.18 bits per heavy atom. The number of rotatable bonds is 4. The predicted molar refractivity (Wildman–Crippen MR) is 65.9 cm³/mol. The van der Waals surface area contributed by atoms with E-state index in [0.717, 1.165) is 6.42 Å². The molecule has 92 valence electrons. The van der Waals surface area contributed by atoms with Crippen molar-refractivity contribution in [3.63, 3.8) is 0 Å². The summed E-state index contributed by atoms with van der Waals surface area (Å²) in [5.41, 5.74) is 0.352. The molecule has 0 saturated heterocycles. The molecule has 0 fully saturated rings. The minimum Gasteiger partial charge on any atom is -0.480 e. The third-order valence-corrected chi connectivity index (χ3v) is 2.72. The summed E-state index contributed by atoms with van der Waals surface area (Å²) in [6.07, 6.45) is 0.925. The molecule has 1 amide bonds. The molecule has 0 atom stereocenters. The summed E-state index contributed by atoms with van der Waals surface area (Å²) in [5, 5.41) is 11.5. The van der Waals surface area contributed by atoms with Crippen LogP contribution in [0.5, 0.6) is 0 Å². The van der Waals surface area contributed by atoms with Gasteiger partial charge >= 0.3 is 5.97 Å². The summed E-state index contributed by atoms with van der Waals surface area (Å²) in [6, 6.07) is 7.36. The van der Waals surface area contributed by atoms with E-state index in [0.29, 0.717) is 5.69 Å². The van der Waals surface area contributed by atoms with Crippen LogP contribution in [0.15, 0.2) is 24.3 Å². The zero-order valence-electron chi connectivity index (χ0n) is 10.3. The highest BCUT2D eigenvalue weighted by Crippen LogP contribution is 2.19. The summed E-state index contributed by atoms with van der Waals surface area (Å²) >= 11 is 0. The van der Waals surface area contributed by atoms with Gasteiger partial charge in [0.15, 0.2) is 0 Å². The van der Waals surface area contributed by atoms with Gasteiger partial charge in [-0.1, -0.05) is 19.1 Å². The molecule has 4 heteroatoms. The number of hydrogen-bond acceptors (Lipinski definition) is 2. The molecule has 0 aromatic heterocycles. The Morgan fingerprint density at radius 1 is 1.24 bits per heavy atom. The van der Waals surface area contributed by atoms with Gasteiger partial charge in [-0.3, -0.25) is 9.59 Å². The summed E-state index contributed by atoms with van der Waals surface area (Å²) in [5.74, 6) is -1.66. The lowest BCUT2D eigenvalue weighted by molar-refractivity contribution is -0.151. The Kier molecular flexibility index (Phi) is 3.89. The van der Waals surface area contributed by atoms with Crippen LogP contribution < -0.4 is 5.32 Å². The minimum atomic E-state index is -1.43. The highest BCUT2D eigenvalue weighted by atomic mass is 16.4. The standard InChI is InChI=1S/C13H17NO3/c1-4-9-5-7-10(8-6-9)14-11(15)13(2,3)12(16)17/h5-8H,4H2,1-3H3,(H,14,15)(H,16,17). The first-order valence-corrected chi connectivity index (χ1v) is 5.51. The largest absolute Gasteiger partial charge is 0.480 e. The van der Waals surface area contributed by atoms with Gasteiger partial charge in [0.25, 0.3) is 0 Å². The third kappa shape index (κ3) is 3.06. The van der Waals surface area contributed by atoms with Gasteiger partial charge in [0.1, 0.15) is 5.41 Å². The van der Waals surface area contributed by atoms with E-state index in [1.807, 2.05) is 19.1 Å². The number of benzene rings is 1. The van der Waals surface area contributed by atoms with E-state index in [9.17, 15) is 9.59 Å². The minimum absolute atomic E-state index is 0.519. The second-order valence-corrected chi connectivity index (χ2v) is 4.43. The second kappa shape index (κ2) is 4.99. The van der Waals surface area contributed by atoms with Gasteiger partial charge in [0, 0.05) is 5.69 Å². The lowest BCUT2D eigenvalue weighted by Gasteiger charge is -2.18. The molecule has 0 heterocycles. The molecule has 1 aromatic carbocycles. The van der Waals surface area contributed by atoms with E-state index in [4.69, 9.17) is 5.11 Å². The summed E-state index contributed by atoms with van der Waals surface area (Å²) in [6.45, 7) is 4.80. The number of amides is 1. The van der Waals surface area contributed by atoms with E-state index in [2.05, 4.69) is 5.32 Å². The van der Waals surface area contributed by atoms with Gasteiger partial charge in [-0.05, 0) is 38.0 Å². The molecular weight excluding hydrogens is 218 g/mol. The number of anilines is 1. The maximum absolute atomic E-state index is 11.7. The maximum Gasteiger partial charge on any atom is 0.318 e. The van der Waals surface area contributed by atoms with Crippen molar-refractivity contribution in [2.75, 3.05) is 5.32 Å². The second-order valence-electron chi connectivity index (χ2n) is 4.43. The SMILES string of the molecule is CCc1ccc(NC(=O)C(C)(C)C(=O)O)cc1. The molecule has 0 aliphatic heterocycles.